The summed E-state index contributed by atoms with van der Waals surface area (Å²) in [5, 5.41) is 4.78. The topological polar surface area (TPSA) is 111 Å². The quantitative estimate of drug-likeness (QED) is 0.479. The third-order valence-electron chi connectivity index (χ3n) is 3.02. The third kappa shape index (κ3) is 2.62. The summed E-state index contributed by atoms with van der Waals surface area (Å²) in [5.41, 5.74) is 5.70. The fourth-order valence-corrected chi connectivity index (χ4v) is 1.95. The van der Waals surface area contributed by atoms with Crippen molar-refractivity contribution < 1.29 is 19.1 Å². The summed E-state index contributed by atoms with van der Waals surface area (Å²) < 4.78 is 5.08. The maximum absolute atomic E-state index is 11.8. The van der Waals surface area contributed by atoms with Gasteiger partial charge in [0.2, 0.25) is 17.7 Å². The van der Waals surface area contributed by atoms with Gasteiger partial charge in [-0.25, -0.2) is 0 Å². The molecule has 17 heavy (non-hydrogen) atoms. The van der Waals surface area contributed by atoms with E-state index in [-0.39, 0.29) is 30.9 Å². The number of carbonyl (C=O) groups is 3. The molecule has 0 aliphatic carbocycles. The molecule has 0 aromatic heterocycles. The van der Waals surface area contributed by atoms with Gasteiger partial charge in [0, 0.05) is 12.5 Å². The number of rotatable bonds is 2. The lowest BCUT2D eigenvalue weighted by Gasteiger charge is -2.23. The van der Waals surface area contributed by atoms with Gasteiger partial charge in [0.15, 0.2) is 0 Å². The average Bonchev–Trinajstić information content (AvgIpc) is 2.68. The molecule has 0 aromatic carbocycles. The molecule has 2 aliphatic rings. The fourth-order valence-electron chi connectivity index (χ4n) is 1.95. The summed E-state index contributed by atoms with van der Waals surface area (Å²) in [6, 6.07) is -0.976. The summed E-state index contributed by atoms with van der Waals surface area (Å²) in [6.07, 6.45) is 0.573. The van der Waals surface area contributed by atoms with Gasteiger partial charge in [0.05, 0.1) is 19.1 Å². The Morgan fingerprint density at radius 2 is 2.18 bits per heavy atom. The number of hydrogen-bond donors (Lipinski definition) is 3. The zero-order valence-electron chi connectivity index (χ0n) is 9.27. The first-order chi connectivity index (χ1) is 8.08. The van der Waals surface area contributed by atoms with E-state index in [9.17, 15) is 14.4 Å². The van der Waals surface area contributed by atoms with Crippen molar-refractivity contribution in [1.82, 2.24) is 10.6 Å². The number of amides is 3. The zero-order valence-corrected chi connectivity index (χ0v) is 9.27. The van der Waals surface area contributed by atoms with Gasteiger partial charge >= 0.3 is 0 Å². The monoisotopic (exact) mass is 241 g/mol. The average molecular weight is 241 g/mol. The van der Waals surface area contributed by atoms with E-state index in [1.807, 2.05) is 0 Å². The van der Waals surface area contributed by atoms with E-state index in [1.165, 1.54) is 0 Å². The number of ether oxygens (including phenoxy) is 1. The lowest BCUT2D eigenvalue weighted by Crippen LogP contribution is -2.54. The molecule has 3 atom stereocenters. The lowest BCUT2D eigenvalue weighted by atomic mass is 10.0. The van der Waals surface area contributed by atoms with Crippen LogP contribution in [0.1, 0.15) is 12.8 Å². The Bertz CT molecular complexity index is 357. The smallest absolute Gasteiger partial charge is 0.249 e. The molecular weight excluding hydrogens is 226 g/mol. The fraction of sp³-hybridized carbons (Fsp3) is 0.700. The van der Waals surface area contributed by atoms with Crippen molar-refractivity contribution in [1.29, 1.82) is 0 Å². The van der Waals surface area contributed by atoms with E-state index in [0.717, 1.165) is 0 Å². The third-order valence-corrected chi connectivity index (χ3v) is 3.02. The van der Waals surface area contributed by atoms with Gasteiger partial charge in [0.1, 0.15) is 6.04 Å². The molecule has 2 fully saturated rings. The Hall–Kier alpha value is -1.47. The standard InChI is InChI=1S/C10H15N3O4/c11-6-4-17-3-5(6)9(15)12-7-1-2-8(14)13-10(7)16/h5-7H,1-4,11H2,(H,12,15)(H,13,14,16). The molecule has 7 heteroatoms. The second kappa shape index (κ2) is 4.80. The summed E-state index contributed by atoms with van der Waals surface area (Å²) in [5.74, 6) is -1.46. The normalized spacial score (nSPS) is 33.4. The van der Waals surface area contributed by atoms with Crippen molar-refractivity contribution in [2.75, 3.05) is 13.2 Å². The van der Waals surface area contributed by atoms with Gasteiger partial charge in [-0.3, -0.25) is 19.7 Å². The molecule has 3 amide bonds. The molecule has 4 N–H and O–H groups in total. The molecule has 94 valence electrons. The van der Waals surface area contributed by atoms with Crippen molar-refractivity contribution >= 4 is 17.7 Å². The predicted octanol–water partition coefficient (Wildman–Crippen LogP) is -2.12. The van der Waals surface area contributed by atoms with Crippen LogP contribution in [0, 0.1) is 5.92 Å². The highest BCUT2D eigenvalue weighted by Gasteiger charge is 2.35. The molecule has 7 nitrogen and oxygen atoms in total. The highest BCUT2D eigenvalue weighted by Crippen LogP contribution is 2.13. The minimum atomic E-state index is -0.645. The molecule has 2 rings (SSSR count). The molecule has 2 aliphatic heterocycles. The van der Waals surface area contributed by atoms with Gasteiger partial charge in [0.25, 0.3) is 0 Å². The molecule has 0 saturated carbocycles. The molecule has 0 spiro atoms. The van der Waals surface area contributed by atoms with Crippen LogP contribution < -0.4 is 16.4 Å². The van der Waals surface area contributed by atoms with Crippen LogP contribution in [0.25, 0.3) is 0 Å². The van der Waals surface area contributed by atoms with Gasteiger partial charge in [-0.2, -0.15) is 0 Å². The number of carbonyl (C=O) groups excluding carboxylic acids is 3. The lowest BCUT2D eigenvalue weighted by molar-refractivity contribution is -0.138. The Balaban J connectivity index is 1.90. The number of piperidine rings is 1. The van der Waals surface area contributed by atoms with E-state index in [2.05, 4.69) is 10.6 Å². The van der Waals surface area contributed by atoms with Crippen LogP contribution in [0.2, 0.25) is 0 Å². The van der Waals surface area contributed by atoms with E-state index in [0.29, 0.717) is 13.0 Å². The first-order valence-corrected chi connectivity index (χ1v) is 5.55. The number of nitrogens with two attached hydrogens (primary N) is 1. The van der Waals surface area contributed by atoms with Crippen molar-refractivity contribution in [2.45, 2.75) is 24.9 Å². The zero-order chi connectivity index (χ0) is 12.4. The SMILES string of the molecule is NC1COCC1C(=O)NC1CCC(=O)NC1=O. The molecular formula is C10H15N3O4. The molecule has 0 bridgehead atoms. The van der Waals surface area contributed by atoms with Crippen LogP contribution in [0.4, 0.5) is 0 Å². The van der Waals surface area contributed by atoms with Crippen LogP contribution in [0.15, 0.2) is 0 Å². The molecule has 0 aromatic rings. The van der Waals surface area contributed by atoms with Crippen molar-refractivity contribution in [3.8, 4) is 0 Å². The second-order valence-electron chi connectivity index (χ2n) is 4.32. The van der Waals surface area contributed by atoms with Crippen LogP contribution in [0.5, 0.6) is 0 Å². The number of hydrogen-bond acceptors (Lipinski definition) is 5. The van der Waals surface area contributed by atoms with Crippen LogP contribution in [-0.2, 0) is 19.1 Å². The van der Waals surface area contributed by atoms with Crippen molar-refractivity contribution in [3.63, 3.8) is 0 Å². The summed E-state index contributed by atoms with van der Waals surface area (Å²) in [6.45, 7) is 0.633. The first-order valence-electron chi connectivity index (χ1n) is 5.55. The largest absolute Gasteiger partial charge is 0.379 e. The van der Waals surface area contributed by atoms with Crippen LogP contribution >= 0.6 is 0 Å². The van der Waals surface area contributed by atoms with Gasteiger partial charge in [-0.05, 0) is 6.42 Å². The maximum Gasteiger partial charge on any atom is 0.249 e. The van der Waals surface area contributed by atoms with E-state index in [4.69, 9.17) is 10.5 Å². The molecule has 0 radical (unpaired) electrons. The molecule has 3 unspecified atom stereocenters. The summed E-state index contributed by atoms with van der Waals surface area (Å²) >= 11 is 0. The van der Waals surface area contributed by atoms with Gasteiger partial charge in [-0.15, -0.1) is 0 Å². The Labute approximate surface area is 98.0 Å². The van der Waals surface area contributed by atoms with Crippen molar-refractivity contribution in [3.05, 3.63) is 0 Å². The van der Waals surface area contributed by atoms with E-state index in [1.54, 1.807) is 0 Å². The van der Waals surface area contributed by atoms with Gasteiger partial charge in [-0.1, -0.05) is 0 Å². The van der Waals surface area contributed by atoms with E-state index < -0.39 is 17.9 Å². The Morgan fingerprint density at radius 3 is 2.76 bits per heavy atom. The highest BCUT2D eigenvalue weighted by atomic mass is 16.5. The highest BCUT2D eigenvalue weighted by molar-refractivity contribution is 6.01. The summed E-state index contributed by atoms with van der Waals surface area (Å²) in [7, 11) is 0. The summed E-state index contributed by atoms with van der Waals surface area (Å²) in [4.78, 5) is 34.2. The minimum Gasteiger partial charge on any atom is -0.379 e. The van der Waals surface area contributed by atoms with Crippen LogP contribution in [-0.4, -0.2) is 43.0 Å². The number of imide groups is 1. The van der Waals surface area contributed by atoms with E-state index >= 15 is 0 Å². The predicted molar refractivity (Wildman–Crippen MR) is 56.6 cm³/mol. The molecule has 2 heterocycles. The molecule has 2 saturated heterocycles. The van der Waals surface area contributed by atoms with Gasteiger partial charge < -0.3 is 15.8 Å². The maximum atomic E-state index is 11.8. The minimum absolute atomic E-state index is 0.240. The van der Waals surface area contributed by atoms with Crippen LogP contribution in [0.3, 0.4) is 0 Å². The van der Waals surface area contributed by atoms with Crippen molar-refractivity contribution in [2.24, 2.45) is 11.7 Å². The Kier molecular flexibility index (Phi) is 3.39. The first kappa shape index (κ1) is 12.0. The number of nitrogens with one attached hydrogen (secondary N) is 2. The Morgan fingerprint density at radius 1 is 1.41 bits per heavy atom. The second-order valence-corrected chi connectivity index (χ2v) is 4.32.